The lowest BCUT2D eigenvalue weighted by Crippen LogP contribution is -2.51. The third-order valence-corrected chi connectivity index (χ3v) is 2.56. The van der Waals surface area contributed by atoms with E-state index in [-0.39, 0.29) is 42.3 Å². The van der Waals surface area contributed by atoms with Crippen molar-refractivity contribution in [2.24, 2.45) is 0 Å². The predicted molar refractivity (Wildman–Crippen MR) is 73.8 cm³/mol. The lowest BCUT2D eigenvalue weighted by Gasteiger charge is -2.23. The fourth-order valence-electron chi connectivity index (χ4n) is 1.83. The first kappa shape index (κ1) is 17.2. The van der Waals surface area contributed by atoms with Crippen molar-refractivity contribution >= 4 is 24.2 Å². The van der Waals surface area contributed by atoms with Gasteiger partial charge in [-0.05, 0) is 40.2 Å². The molecule has 0 bridgehead atoms. The summed E-state index contributed by atoms with van der Waals surface area (Å²) in [6, 6.07) is -0.133. The van der Waals surface area contributed by atoms with Gasteiger partial charge in [-0.1, -0.05) is 6.42 Å². The van der Waals surface area contributed by atoms with Crippen molar-refractivity contribution in [1.29, 1.82) is 0 Å². The molecule has 18 heavy (non-hydrogen) atoms. The molecule has 0 aromatic heterocycles. The molecule has 1 saturated heterocycles. The second-order valence-electron chi connectivity index (χ2n) is 5.52. The summed E-state index contributed by atoms with van der Waals surface area (Å²) in [5, 5.41) is 8.61. The smallest absolute Gasteiger partial charge is 0.239 e. The first-order valence-electron chi connectivity index (χ1n) is 6.20. The molecule has 1 aliphatic rings. The lowest BCUT2D eigenvalue weighted by atomic mass is 10.0. The number of piperidine rings is 1. The van der Waals surface area contributed by atoms with Crippen LogP contribution in [0, 0.1) is 0 Å². The topological polar surface area (TPSA) is 70.2 Å². The van der Waals surface area contributed by atoms with E-state index >= 15 is 0 Å². The Labute approximate surface area is 115 Å². The minimum Gasteiger partial charge on any atom is -0.350 e. The number of carbonyl (C=O) groups is 2. The maximum Gasteiger partial charge on any atom is 0.239 e. The molecule has 0 aliphatic carbocycles. The van der Waals surface area contributed by atoms with E-state index in [1.54, 1.807) is 0 Å². The highest BCUT2D eigenvalue weighted by Crippen LogP contribution is 2.06. The van der Waals surface area contributed by atoms with Crippen LogP contribution in [0.1, 0.15) is 40.0 Å². The monoisotopic (exact) mass is 277 g/mol. The molecule has 106 valence electrons. The van der Waals surface area contributed by atoms with Gasteiger partial charge in [-0.15, -0.1) is 12.4 Å². The zero-order valence-corrected chi connectivity index (χ0v) is 12.2. The van der Waals surface area contributed by atoms with E-state index in [0.29, 0.717) is 0 Å². The largest absolute Gasteiger partial charge is 0.350 e. The molecule has 1 rings (SSSR count). The molecule has 1 aliphatic heterocycles. The number of hydrogen-bond acceptors (Lipinski definition) is 3. The van der Waals surface area contributed by atoms with Gasteiger partial charge in [0, 0.05) is 5.54 Å². The molecule has 0 saturated carbocycles. The van der Waals surface area contributed by atoms with Crippen LogP contribution >= 0.6 is 12.4 Å². The first-order valence-corrected chi connectivity index (χ1v) is 6.20. The molecular formula is C12H24ClN3O2. The van der Waals surface area contributed by atoms with Crippen LogP contribution in [0.5, 0.6) is 0 Å². The van der Waals surface area contributed by atoms with Gasteiger partial charge in [-0.2, -0.15) is 0 Å². The summed E-state index contributed by atoms with van der Waals surface area (Å²) < 4.78 is 0. The van der Waals surface area contributed by atoms with E-state index in [1.165, 1.54) is 0 Å². The van der Waals surface area contributed by atoms with Crippen molar-refractivity contribution in [2.75, 3.05) is 13.1 Å². The number of amides is 2. The SMILES string of the molecule is CC(C)(C)NC(=O)CNC(=O)[C@H]1CCCCN1.Cl. The number of hydrogen-bond donors (Lipinski definition) is 3. The maximum atomic E-state index is 11.7. The zero-order valence-electron chi connectivity index (χ0n) is 11.3. The molecule has 6 heteroatoms. The van der Waals surface area contributed by atoms with Crippen molar-refractivity contribution in [3.63, 3.8) is 0 Å². The van der Waals surface area contributed by atoms with Crippen LogP contribution in [0.15, 0.2) is 0 Å². The second-order valence-corrected chi connectivity index (χ2v) is 5.52. The van der Waals surface area contributed by atoms with Crippen LogP contribution in [0.3, 0.4) is 0 Å². The Kier molecular flexibility index (Phi) is 7.25. The average Bonchev–Trinajstić information content (AvgIpc) is 2.25. The van der Waals surface area contributed by atoms with Gasteiger partial charge >= 0.3 is 0 Å². The van der Waals surface area contributed by atoms with Gasteiger partial charge in [0.05, 0.1) is 12.6 Å². The van der Waals surface area contributed by atoms with Crippen LogP contribution in [0.2, 0.25) is 0 Å². The Morgan fingerprint density at radius 3 is 2.44 bits per heavy atom. The van der Waals surface area contributed by atoms with Crippen LogP contribution < -0.4 is 16.0 Å². The van der Waals surface area contributed by atoms with Crippen LogP contribution in [-0.2, 0) is 9.59 Å². The molecule has 0 aromatic carbocycles. The summed E-state index contributed by atoms with van der Waals surface area (Å²) in [6.45, 7) is 6.67. The van der Waals surface area contributed by atoms with E-state index in [4.69, 9.17) is 0 Å². The van der Waals surface area contributed by atoms with E-state index < -0.39 is 0 Å². The summed E-state index contributed by atoms with van der Waals surface area (Å²) in [4.78, 5) is 23.2. The van der Waals surface area contributed by atoms with Crippen molar-refractivity contribution in [3.8, 4) is 0 Å². The normalized spacial score (nSPS) is 19.6. The zero-order chi connectivity index (χ0) is 12.9. The molecule has 0 spiro atoms. The standard InChI is InChI=1S/C12H23N3O2.ClH/c1-12(2,3)15-10(16)8-14-11(17)9-6-4-5-7-13-9;/h9,13H,4-8H2,1-3H3,(H,14,17)(H,15,16);1H/t9-;/m1./s1. The summed E-state index contributed by atoms with van der Waals surface area (Å²) in [5.41, 5.74) is -0.259. The second kappa shape index (κ2) is 7.59. The fraction of sp³-hybridized carbons (Fsp3) is 0.833. The van der Waals surface area contributed by atoms with E-state index in [9.17, 15) is 9.59 Å². The minimum absolute atomic E-state index is 0. The van der Waals surface area contributed by atoms with E-state index in [2.05, 4.69) is 16.0 Å². The molecule has 3 N–H and O–H groups in total. The highest BCUT2D eigenvalue weighted by molar-refractivity contribution is 5.87. The van der Waals surface area contributed by atoms with E-state index in [0.717, 1.165) is 25.8 Å². The van der Waals surface area contributed by atoms with E-state index in [1.807, 2.05) is 20.8 Å². The van der Waals surface area contributed by atoms with Gasteiger partial charge in [0.2, 0.25) is 11.8 Å². The Balaban J connectivity index is 0.00000289. The summed E-state index contributed by atoms with van der Waals surface area (Å²) in [6.07, 6.45) is 3.04. The Morgan fingerprint density at radius 1 is 1.28 bits per heavy atom. The van der Waals surface area contributed by atoms with Crippen molar-refractivity contribution in [1.82, 2.24) is 16.0 Å². The molecule has 0 radical (unpaired) electrons. The molecule has 1 fully saturated rings. The molecule has 2 amide bonds. The van der Waals surface area contributed by atoms with Gasteiger partial charge in [-0.3, -0.25) is 9.59 Å². The van der Waals surface area contributed by atoms with Gasteiger partial charge in [-0.25, -0.2) is 0 Å². The third kappa shape index (κ3) is 6.81. The van der Waals surface area contributed by atoms with Gasteiger partial charge < -0.3 is 16.0 Å². The van der Waals surface area contributed by atoms with Crippen molar-refractivity contribution in [2.45, 2.75) is 51.6 Å². The van der Waals surface area contributed by atoms with Crippen LogP contribution in [-0.4, -0.2) is 36.5 Å². The number of rotatable bonds is 3. The number of halogens is 1. The highest BCUT2D eigenvalue weighted by atomic mass is 35.5. The molecular weight excluding hydrogens is 254 g/mol. The minimum atomic E-state index is -0.259. The number of carbonyl (C=O) groups excluding carboxylic acids is 2. The lowest BCUT2D eigenvalue weighted by molar-refractivity contribution is -0.128. The van der Waals surface area contributed by atoms with Crippen molar-refractivity contribution in [3.05, 3.63) is 0 Å². The first-order chi connectivity index (χ1) is 7.88. The predicted octanol–water partition coefficient (Wildman–Crippen LogP) is 0.581. The Morgan fingerprint density at radius 2 is 1.94 bits per heavy atom. The quantitative estimate of drug-likeness (QED) is 0.707. The Hall–Kier alpha value is -0.810. The molecule has 1 atom stereocenters. The van der Waals surface area contributed by atoms with Gasteiger partial charge in [0.25, 0.3) is 0 Å². The molecule has 0 aromatic rings. The summed E-state index contributed by atoms with van der Waals surface area (Å²) in [5.74, 6) is -0.226. The van der Waals surface area contributed by atoms with Gasteiger partial charge in [0.1, 0.15) is 0 Å². The summed E-state index contributed by atoms with van der Waals surface area (Å²) >= 11 is 0. The highest BCUT2D eigenvalue weighted by Gasteiger charge is 2.21. The molecule has 0 unspecified atom stereocenters. The molecule has 1 heterocycles. The molecule has 5 nitrogen and oxygen atoms in total. The van der Waals surface area contributed by atoms with Gasteiger partial charge in [0.15, 0.2) is 0 Å². The Bertz CT molecular complexity index is 284. The maximum absolute atomic E-state index is 11.7. The number of nitrogens with one attached hydrogen (secondary N) is 3. The average molecular weight is 278 g/mol. The van der Waals surface area contributed by atoms with Crippen LogP contribution in [0.25, 0.3) is 0 Å². The van der Waals surface area contributed by atoms with Crippen LogP contribution in [0.4, 0.5) is 0 Å². The summed E-state index contributed by atoms with van der Waals surface area (Å²) in [7, 11) is 0. The third-order valence-electron chi connectivity index (χ3n) is 2.56. The van der Waals surface area contributed by atoms with Crippen molar-refractivity contribution < 1.29 is 9.59 Å². The fourth-order valence-corrected chi connectivity index (χ4v) is 1.83.